The molecule has 1 aliphatic carbocycles. The molecule has 0 aromatic carbocycles. The van der Waals surface area contributed by atoms with Crippen LogP contribution in [0.1, 0.15) is 167 Å². The van der Waals surface area contributed by atoms with E-state index in [0.29, 0.717) is 0 Å². The molecule has 0 spiro atoms. The topological polar surface area (TPSA) is 24.7 Å². The number of nitrogens with zero attached hydrogens (tertiary/aromatic N) is 2. The molecule has 196 valence electrons. The van der Waals surface area contributed by atoms with Gasteiger partial charge in [0.1, 0.15) is 0 Å². The Bertz CT molecular complexity index is 385. The lowest BCUT2D eigenvalue weighted by atomic mass is 10.0. The summed E-state index contributed by atoms with van der Waals surface area (Å²) in [6, 6.07) is 0. The van der Waals surface area contributed by atoms with Gasteiger partial charge in [0.25, 0.3) is 0 Å². The van der Waals surface area contributed by atoms with Crippen LogP contribution in [0.25, 0.3) is 0 Å². The number of thioether (sulfide) groups is 1. The van der Waals surface area contributed by atoms with Crippen molar-refractivity contribution >= 4 is 11.8 Å². The Morgan fingerprint density at radius 1 is 0.485 bits per heavy atom. The van der Waals surface area contributed by atoms with E-state index in [1.165, 1.54) is 166 Å². The summed E-state index contributed by atoms with van der Waals surface area (Å²) in [5.74, 6) is 1.17. The Labute approximate surface area is 213 Å². The molecule has 0 radical (unpaired) electrons. The van der Waals surface area contributed by atoms with Gasteiger partial charge in [-0.1, -0.05) is 148 Å². The van der Waals surface area contributed by atoms with Crippen molar-refractivity contribution in [3.8, 4) is 0 Å². The van der Waals surface area contributed by atoms with E-state index in [1.54, 1.807) is 0 Å². The molecule has 1 rings (SSSR count). The molecule has 0 atom stereocenters. The normalized spacial score (nSPS) is 17.6. The number of hydrogen-bond donors (Lipinski definition) is 0. The Morgan fingerprint density at radius 3 is 1.36 bits per heavy atom. The van der Waals surface area contributed by atoms with Gasteiger partial charge >= 0.3 is 0 Å². The minimum Gasteiger partial charge on any atom is -0.194 e. The van der Waals surface area contributed by atoms with Crippen LogP contribution >= 0.6 is 11.8 Å². The predicted octanol–water partition coefficient (Wildman–Crippen LogP) is 11.3. The van der Waals surface area contributed by atoms with Gasteiger partial charge in [0.2, 0.25) is 0 Å². The lowest BCUT2D eigenvalue weighted by Gasteiger charge is -2.15. The summed E-state index contributed by atoms with van der Waals surface area (Å²) in [6.45, 7) is 4.18. The lowest BCUT2D eigenvalue weighted by molar-refractivity contribution is 0.539. The second-order valence-corrected chi connectivity index (χ2v) is 12.0. The maximum Gasteiger partial charge on any atom is 0.0689 e. The maximum atomic E-state index is 4.47. The molecule has 0 N–H and O–H groups in total. The summed E-state index contributed by atoms with van der Waals surface area (Å²) in [4.78, 5) is 0. The maximum absolute atomic E-state index is 4.47. The highest BCUT2D eigenvalue weighted by molar-refractivity contribution is 7.99. The number of unbranched alkanes of at least 4 members (excludes halogenated alkanes) is 12. The molecular weight excluding hydrogens is 420 g/mol. The zero-order valence-electron chi connectivity index (χ0n) is 22.7. The molecule has 0 aromatic rings. The van der Waals surface area contributed by atoms with E-state index in [4.69, 9.17) is 0 Å². The molecule has 33 heavy (non-hydrogen) atoms. The molecule has 3 heteroatoms. The lowest BCUT2D eigenvalue weighted by Crippen LogP contribution is -2.05. The molecule has 0 saturated heterocycles. The third-order valence-electron chi connectivity index (χ3n) is 7.31. The zero-order chi connectivity index (χ0) is 23.5. The van der Waals surface area contributed by atoms with Crippen LogP contribution in [0.5, 0.6) is 0 Å². The standard InChI is InChI=1S/C30H60N2S/c1-2-3-4-5-6-7-8-9-12-15-18-21-24-27-31-32-28-29-33-30-25-22-19-16-13-10-11-14-17-20-23-26-30/h30H,2-29H2,1H3/b32-31+. The first-order valence-corrected chi connectivity index (χ1v) is 16.4. The summed E-state index contributed by atoms with van der Waals surface area (Å²) < 4.78 is 0. The third-order valence-corrected chi connectivity index (χ3v) is 8.67. The average molecular weight is 481 g/mol. The van der Waals surface area contributed by atoms with E-state index < -0.39 is 0 Å². The van der Waals surface area contributed by atoms with Gasteiger partial charge in [0.15, 0.2) is 0 Å². The van der Waals surface area contributed by atoms with E-state index in [-0.39, 0.29) is 0 Å². The Morgan fingerprint density at radius 2 is 0.879 bits per heavy atom. The van der Waals surface area contributed by atoms with Crippen molar-refractivity contribution < 1.29 is 0 Å². The average Bonchev–Trinajstić information content (AvgIpc) is 2.85. The van der Waals surface area contributed by atoms with Gasteiger partial charge in [-0.05, 0) is 19.3 Å². The fourth-order valence-electron chi connectivity index (χ4n) is 5.07. The van der Waals surface area contributed by atoms with Crippen molar-refractivity contribution in [3.05, 3.63) is 0 Å². The molecule has 1 saturated carbocycles. The van der Waals surface area contributed by atoms with E-state index >= 15 is 0 Å². The SMILES string of the molecule is CCCCCCCCCCCCCCC/N=N/CCSC1CCCCCCCCCCCC1. The molecule has 0 bridgehead atoms. The van der Waals surface area contributed by atoms with Gasteiger partial charge in [0.05, 0.1) is 13.1 Å². The van der Waals surface area contributed by atoms with E-state index in [1.807, 2.05) is 0 Å². The third kappa shape index (κ3) is 23.5. The number of rotatable bonds is 18. The highest BCUT2D eigenvalue weighted by atomic mass is 32.2. The largest absolute Gasteiger partial charge is 0.194 e. The molecular formula is C30H60N2S. The van der Waals surface area contributed by atoms with Crippen molar-refractivity contribution in [2.24, 2.45) is 10.2 Å². The summed E-state index contributed by atoms with van der Waals surface area (Å²) in [7, 11) is 0. The van der Waals surface area contributed by atoms with Crippen LogP contribution in [0.4, 0.5) is 0 Å². The Hall–Kier alpha value is -0.0500. The highest BCUT2D eigenvalue weighted by Crippen LogP contribution is 2.25. The predicted molar refractivity (Wildman–Crippen MR) is 152 cm³/mol. The molecule has 0 heterocycles. The minimum atomic E-state index is 0.877. The van der Waals surface area contributed by atoms with Crippen LogP contribution in [0.3, 0.4) is 0 Å². The van der Waals surface area contributed by atoms with E-state index in [2.05, 4.69) is 28.9 Å². The molecule has 0 aromatic heterocycles. The summed E-state index contributed by atoms with van der Waals surface area (Å²) >= 11 is 2.19. The van der Waals surface area contributed by atoms with Crippen LogP contribution in [-0.4, -0.2) is 24.1 Å². The van der Waals surface area contributed by atoms with E-state index in [0.717, 1.165) is 18.3 Å². The van der Waals surface area contributed by atoms with Crippen molar-refractivity contribution in [3.63, 3.8) is 0 Å². The zero-order valence-corrected chi connectivity index (χ0v) is 23.5. The molecule has 0 amide bonds. The van der Waals surface area contributed by atoms with Crippen LogP contribution in [0.15, 0.2) is 10.2 Å². The smallest absolute Gasteiger partial charge is 0.0689 e. The minimum absolute atomic E-state index is 0.877. The van der Waals surface area contributed by atoms with Crippen LogP contribution < -0.4 is 0 Å². The molecule has 1 aliphatic rings. The van der Waals surface area contributed by atoms with Crippen molar-refractivity contribution in [2.75, 3.05) is 18.8 Å². The van der Waals surface area contributed by atoms with Gasteiger partial charge in [-0.15, -0.1) is 0 Å². The van der Waals surface area contributed by atoms with Crippen LogP contribution in [0, 0.1) is 0 Å². The van der Waals surface area contributed by atoms with Gasteiger partial charge < -0.3 is 0 Å². The van der Waals surface area contributed by atoms with E-state index in [9.17, 15) is 0 Å². The first kappa shape index (κ1) is 31.0. The summed E-state index contributed by atoms with van der Waals surface area (Å²) in [5.41, 5.74) is 0. The van der Waals surface area contributed by atoms with Gasteiger partial charge in [-0.2, -0.15) is 22.0 Å². The highest BCUT2D eigenvalue weighted by Gasteiger charge is 2.09. The molecule has 0 aliphatic heterocycles. The monoisotopic (exact) mass is 480 g/mol. The van der Waals surface area contributed by atoms with Crippen molar-refractivity contribution in [1.82, 2.24) is 0 Å². The van der Waals surface area contributed by atoms with Gasteiger partial charge in [0, 0.05) is 11.0 Å². The van der Waals surface area contributed by atoms with Crippen LogP contribution in [-0.2, 0) is 0 Å². The molecule has 2 nitrogen and oxygen atoms in total. The Kier molecular flexibility index (Phi) is 24.9. The first-order valence-electron chi connectivity index (χ1n) is 15.4. The second-order valence-electron chi connectivity index (χ2n) is 10.6. The van der Waals surface area contributed by atoms with Gasteiger partial charge in [-0.25, -0.2) is 0 Å². The number of azo groups is 1. The second kappa shape index (κ2) is 26.6. The Balaban J connectivity index is 1.88. The summed E-state index contributed by atoms with van der Waals surface area (Å²) in [6.07, 6.45) is 35.8. The fourth-order valence-corrected chi connectivity index (χ4v) is 6.26. The van der Waals surface area contributed by atoms with Crippen LogP contribution in [0.2, 0.25) is 0 Å². The van der Waals surface area contributed by atoms with Gasteiger partial charge in [-0.3, -0.25) is 0 Å². The molecule has 0 unspecified atom stereocenters. The summed E-state index contributed by atoms with van der Waals surface area (Å²) in [5, 5.41) is 9.80. The van der Waals surface area contributed by atoms with Crippen molar-refractivity contribution in [1.29, 1.82) is 0 Å². The fraction of sp³-hybridized carbons (Fsp3) is 1.00. The number of hydrogen-bond acceptors (Lipinski definition) is 3. The quantitative estimate of drug-likeness (QED) is 0.141. The first-order chi connectivity index (χ1) is 16.4. The van der Waals surface area contributed by atoms with Crippen molar-refractivity contribution in [2.45, 2.75) is 173 Å². The molecule has 1 fully saturated rings.